The monoisotopic (exact) mass is 338 g/mol. The summed E-state index contributed by atoms with van der Waals surface area (Å²) in [6.07, 6.45) is 5.51. The van der Waals surface area contributed by atoms with Crippen LogP contribution < -0.4 is 10.6 Å². The summed E-state index contributed by atoms with van der Waals surface area (Å²) in [5.74, 6) is -0.222. The molecule has 1 aromatic carbocycles. The highest BCUT2D eigenvalue weighted by molar-refractivity contribution is 6.01. The van der Waals surface area contributed by atoms with Crippen molar-refractivity contribution in [3.05, 3.63) is 36.5 Å². The number of rotatable bonds is 3. The Morgan fingerprint density at radius 1 is 1.12 bits per heavy atom. The molecular weight excluding hydrogens is 316 g/mol. The van der Waals surface area contributed by atoms with Crippen LogP contribution in [0.3, 0.4) is 0 Å². The van der Waals surface area contributed by atoms with Crippen LogP contribution in [-0.4, -0.2) is 41.0 Å². The zero-order valence-electron chi connectivity index (χ0n) is 14.1. The number of piperidine rings is 1. The molecule has 2 aromatic rings. The van der Waals surface area contributed by atoms with Crippen molar-refractivity contribution in [3.63, 3.8) is 0 Å². The van der Waals surface area contributed by atoms with Crippen molar-refractivity contribution in [3.8, 4) is 0 Å². The number of carbonyl (C=O) groups is 2. The van der Waals surface area contributed by atoms with Gasteiger partial charge in [-0.05, 0) is 37.8 Å². The van der Waals surface area contributed by atoms with E-state index >= 15 is 0 Å². The van der Waals surface area contributed by atoms with E-state index in [1.165, 1.54) is 0 Å². The largest absolute Gasteiger partial charge is 0.335 e. The van der Waals surface area contributed by atoms with Crippen LogP contribution in [-0.2, 0) is 4.79 Å². The third-order valence-corrected chi connectivity index (χ3v) is 4.87. The third kappa shape index (κ3) is 3.57. The fourth-order valence-electron chi connectivity index (χ4n) is 3.31. The van der Waals surface area contributed by atoms with Gasteiger partial charge in [0.05, 0.1) is 17.1 Å². The highest BCUT2D eigenvalue weighted by Crippen LogP contribution is 2.24. The molecule has 1 aliphatic carbocycles. The molecule has 0 radical (unpaired) electrons. The van der Waals surface area contributed by atoms with Crippen LogP contribution in [0.15, 0.2) is 36.5 Å². The van der Waals surface area contributed by atoms with Gasteiger partial charge >= 0.3 is 6.03 Å². The molecule has 2 N–H and O–H groups in total. The molecule has 1 aliphatic heterocycles. The van der Waals surface area contributed by atoms with Gasteiger partial charge < -0.3 is 15.5 Å². The first-order valence-electron chi connectivity index (χ1n) is 8.91. The predicted octanol–water partition coefficient (Wildman–Crippen LogP) is 2.76. The Morgan fingerprint density at radius 2 is 1.96 bits per heavy atom. The van der Waals surface area contributed by atoms with Crippen molar-refractivity contribution in [2.75, 3.05) is 18.4 Å². The minimum Gasteiger partial charge on any atom is -0.335 e. The van der Waals surface area contributed by atoms with E-state index in [1.54, 1.807) is 11.1 Å². The molecule has 0 spiro atoms. The van der Waals surface area contributed by atoms with E-state index < -0.39 is 0 Å². The Hall–Kier alpha value is -2.63. The Kier molecular flexibility index (Phi) is 4.26. The maximum absolute atomic E-state index is 12.7. The first-order chi connectivity index (χ1) is 12.2. The summed E-state index contributed by atoms with van der Waals surface area (Å²) in [7, 11) is 0. The molecule has 2 heterocycles. The maximum atomic E-state index is 12.7. The van der Waals surface area contributed by atoms with Gasteiger partial charge in [0.1, 0.15) is 0 Å². The van der Waals surface area contributed by atoms with Gasteiger partial charge in [0, 0.05) is 30.7 Å². The van der Waals surface area contributed by atoms with E-state index in [1.807, 2.05) is 30.3 Å². The Bertz CT molecular complexity index is 798. The second-order valence-electron chi connectivity index (χ2n) is 6.88. The van der Waals surface area contributed by atoms with Crippen molar-refractivity contribution in [1.82, 2.24) is 15.2 Å². The lowest BCUT2D eigenvalue weighted by Crippen LogP contribution is -2.48. The molecule has 3 amide bonds. The van der Waals surface area contributed by atoms with E-state index in [0.717, 1.165) is 48.8 Å². The third-order valence-electron chi connectivity index (χ3n) is 4.87. The molecule has 1 atom stereocenters. The summed E-state index contributed by atoms with van der Waals surface area (Å²) in [6.45, 7) is 1.20. The molecule has 1 saturated carbocycles. The number of likely N-dealkylation sites (tertiary alicyclic amines) is 1. The van der Waals surface area contributed by atoms with Crippen molar-refractivity contribution in [2.45, 2.75) is 31.7 Å². The van der Waals surface area contributed by atoms with E-state index in [-0.39, 0.29) is 17.9 Å². The van der Waals surface area contributed by atoms with Gasteiger partial charge in [-0.15, -0.1) is 0 Å². The number of anilines is 1. The van der Waals surface area contributed by atoms with Gasteiger partial charge in [-0.25, -0.2) is 4.79 Å². The van der Waals surface area contributed by atoms with Crippen LogP contribution in [0.4, 0.5) is 10.5 Å². The fraction of sp³-hybridized carbons (Fsp3) is 0.421. The van der Waals surface area contributed by atoms with Crippen LogP contribution in [0.5, 0.6) is 0 Å². The summed E-state index contributed by atoms with van der Waals surface area (Å²) in [5.41, 5.74) is 1.51. The number of carbonyl (C=O) groups excluding carboxylic acids is 2. The minimum absolute atomic E-state index is 0.0353. The standard InChI is InChI=1S/C19H22N4O2/c24-18(22-16-7-1-4-13-5-2-10-20-17(13)16)14-6-3-11-23(12-14)19(25)21-15-8-9-15/h1-2,4-5,7,10,14-15H,3,6,8-9,11-12H2,(H,21,25)(H,22,24). The van der Waals surface area contributed by atoms with E-state index in [0.29, 0.717) is 12.6 Å². The highest BCUT2D eigenvalue weighted by Gasteiger charge is 2.31. The number of hydrogen-bond acceptors (Lipinski definition) is 3. The number of amides is 3. The number of benzene rings is 1. The van der Waals surface area contributed by atoms with Crippen molar-refractivity contribution < 1.29 is 9.59 Å². The first-order valence-corrected chi connectivity index (χ1v) is 8.91. The number of urea groups is 1. The summed E-state index contributed by atoms with van der Waals surface area (Å²) in [4.78, 5) is 31.1. The Labute approximate surface area is 146 Å². The lowest BCUT2D eigenvalue weighted by Gasteiger charge is -2.32. The molecule has 2 fully saturated rings. The lowest BCUT2D eigenvalue weighted by atomic mass is 9.97. The summed E-state index contributed by atoms with van der Waals surface area (Å²) in [6, 6.07) is 9.91. The molecule has 1 unspecified atom stereocenters. The molecule has 6 heteroatoms. The van der Waals surface area contributed by atoms with Crippen LogP contribution in [0.2, 0.25) is 0 Å². The van der Waals surface area contributed by atoms with Crippen LogP contribution >= 0.6 is 0 Å². The van der Waals surface area contributed by atoms with Gasteiger partial charge in [-0.1, -0.05) is 18.2 Å². The number of pyridine rings is 1. The zero-order valence-corrected chi connectivity index (χ0v) is 14.1. The quantitative estimate of drug-likeness (QED) is 0.904. The topological polar surface area (TPSA) is 74.3 Å². The summed E-state index contributed by atoms with van der Waals surface area (Å²) in [5, 5.41) is 7.00. The average molecular weight is 338 g/mol. The highest BCUT2D eigenvalue weighted by atomic mass is 16.2. The Balaban J connectivity index is 1.44. The van der Waals surface area contributed by atoms with Gasteiger partial charge in [0.15, 0.2) is 0 Å². The number of aromatic nitrogens is 1. The van der Waals surface area contributed by atoms with Crippen LogP contribution in [0.1, 0.15) is 25.7 Å². The fourth-order valence-corrected chi connectivity index (χ4v) is 3.31. The van der Waals surface area contributed by atoms with Crippen molar-refractivity contribution in [2.24, 2.45) is 5.92 Å². The summed E-state index contributed by atoms with van der Waals surface area (Å²) >= 11 is 0. The van der Waals surface area contributed by atoms with Crippen molar-refractivity contribution >= 4 is 28.5 Å². The van der Waals surface area contributed by atoms with Gasteiger partial charge in [-0.3, -0.25) is 9.78 Å². The number of hydrogen-bond donors (Lipinski definition) is 2. The van der Waals surface area contributed by atoms with Crippen LogP contribution in [0, 0.1) is 5.92 Å². The van der Waals surface area contributed by atoms with E-state index in [4.69, 9.17) is 0 Å². The summed E-state index contributed by atoms with van der Waals surface area (Å²) < 4.78 is 0. The van der Waals surface area contributed by atoms with Gasteiger partial charge in [0.25, 0.3) is 0 Å². The molecule has 0 bridgehead atoms. The lowest BCUT2D eigenvalue weighted by molar-refractivity contribution is -0.121. The van der Waals surface area contributed by atoms with E-state index in [9.17, 15) is 9.59 Å². The molecule has 4 rings (SSSR count). The van der Waals surface area contributed by atoms with Gasteiger partial charge in [0.2, 0.25) is 5.91 Å². The number of fused-ring (bicyclic) bond motifs is 1. The predicted molar refractivity (Wildman–Crippen MR) is 96.2 cm³/mol. The smallest absolute Gasteiger partial charge is 0.317 e. The molecule has 6 nitrogen and oxygen atoms in total. The molecular formula is C19H22N4O2. The minimum atomic E-state index is -0.183. The second kappa shape index (κ2) is 6.70. The Morgan fingerprint density at radius 3 is 2.80 bits per heavy atom. The van der Waals surface area contributed by atoms with Crippen molar-refractivity contribution in [1.29, 1.82) is 0 Å². The maximum Gasteiger partial charge on any atom is 0.317 e. The molecule has 2 aliphatic rings. The SMILES string of the molecule is O=C(Nc1cccc2cccnc12)C1CCCN(C(=O)NC2CC2)C1. The molecule has 1 saturated heterocycles. The normalized spacial score (nSPS) is 20.3. The van der Waals surface area contributed by atoms with Crippen LogP contribution in [0.25, 0.3) is 10.9 Å². The second-order valence-corrected chi connectivity index (χ2v) is 6.88. The molecule has 25 heavy (non-hydrogen) atoms. The van der Waals surface area contributed by atoms with E-state index in [2.05, 4.69) is 15.6 Å². The average Bonchev–Trinajstić information content (AvgIpc) is 3.46. The zero-order chi connectivity index (χ0) is 17.2. The number of nitrogens with one attached hydrogen (secondary N) is 2. The molecule has 130 valence electrons. The number of para-hydroxylation sites is 1. The van der Waals surface area contributed by atoms with Gasteiger partial charge in [-0.2, -0.15) is 0 Å². The molecule has 1 aromatic heterocycles. The number of nitrogens with zero attached hydrogens (tertiary/aromatic N) is 2. The first kappa shape index (κ1) is 15.9.